The lowest BCUT2D eigenvalue weighted by Gasteiger charge is -2.23. The molecule has 0 aromatic heterocycles. The Morgan fingerprint density at radius 2 is 1.33 bits per heavy atom. The van der Waals surface area contributed by atoms with Gasteiger partial charge in [-0.25, -0.2) is 0 Å². The van der Waals surface area contributed by atoms with Crippen molar-refractivity contribution in [2.24, 2.45) is 0 Å². The van der Waals surface area contributed by atoms with E-state index in [0.29, 0.717) is 13.0 Å². The number of nitrogens with one attached hydrogen (secondary N) is 1. The van der Waals surface area contributed by atoms with Gasteiger partial charge in [0.15, 0.2) is 5.11 Å². The first-order chi connectivity index (χ1) is 18.9. The number of carboxylic acids is 1. The topological polar surface area (TPSA) is 82.1 Å². The molecular formula is C31H59N3O4S. The van der Waals surface area contributed by atoms with E-state index in [-0.39, 0.29) is 12.4 Å². The summed E-state index contributed by atoms with van der Waals surface area (Å²) in [5, 5.41) is 12.8. The third-order valence-corrected chi connectivity index (χ3v) is 7.29. The second-order valence-electron chi connectivity index (χ2n) is 10.8. The SMILES string of the molecule is CCCCCC/C=C\COC(=O)CCCCCCCN(CCCCCCCC(=O)O)CCCNC(=S)N(C)C. The fraction of sp³-hybridized carbons (Fsp3) is 0.839. The van der Waals surface area contributed by atoms with E-state index in [0.717, 1.165) is 95.5 Å². The predicted octanol–water partition coefficient (Wildman–Crippen LogP) is 6.95. The minimum Gasteiger partial charge on any atom is -0.481 e. The van der Waals surface area contributed by atoms with Gasteiger partial charge in [0.2, 0.25) is 0 Å². The number of hydrogen-bond acceptors (Lipinski definition) is 5. The summed E-state index contributed by atoms with van der Waals surface area (Å²) in [6.07, 6.45) is 22.8. The zero-order valence-electron chi connectivity index (χ0n) is 25.4. The van der Waals surface area contributed by atoms with Gasteiger partial charge in [-0.3, -0.25) is 9.59 Å². The maximum atomic E-state index is 11.9. The van der Waals surface area contributed by atoms with Crippen LogP contribution in [0.5, 0.6) is 0 Å². The number of carboxylic acid groups (broad SMARTS) is 1. The van der Waals surface area contributed by atoms with Crippen molar-refractivity contribution >= 4 is 29.3 Å². The number of unbranched alkanes of at least 4 members (excludes halogenated alkanes) is 12. The second-order valence-corrected chi connectivity index (χ2v) is 11.1. The van der Waals surface area contributed by atoms with Crippen LogP contribution in [0.15, 0.2) is 12.2 Å². The van der Waals surface area contributed by atoms with Gasteiger partial charge in [-0.1, -0.05) is 76.9 Å². The molecule has 0 rings (SSSR count). The normalized spacial score (nSPS) is 11.3. The number of nitrogens with zero attached hydrogens (tertiary/aromatic N) is 2. The molecule has 7 nitrogen and oxygen atoms in total. The standard InChI is InChI=1S/C31H59N3O4S/c1-4-5-6-7-8-15-20-28-38-30(37)23-17-12-10-14-19-26-34(27-21-24-32-31(39)33(2)3)25-18-13-9-11-16-22-29(35)36/h15,20H,4-14,16-19,21-28H2,1-3H3,(H,32,39)(H,35,36)/b20-15-. The van der Waals surface area contributed by atoms with Crippen molar-refractivity contribution in [3.8, 4) is 0 Å². The number of carbonyl (C=O) groups excluding carboxylic acids is 1. The van der Waals surface area contributed by atoms with E-state index in [9.17, 15) is 9.59 Å². The molecule has 0 aliphatic carbocycles. The number of aliphatic carboxylic acids is 1. The third-order valence-electron chi connectivity index (χ3n) is 6.79. The van der Waals surface area contributed by atoms with Crippen LogP contribution in [-0.2, 0) is 14.3 Å². The van der Waals surface area contributed by atoms with E-state index in [2.05, 4.69) is 23.2 Å². The Morgan fingerprint density at radius 1 is 0.769 bits per heavy atom. The molecule has 0 amide bonds. The molecule has 228 valence electrons. The molecule has 0 aromatic carbocycles. The molecule has 8 heteroatoms. The zero-order chi connectivity index (χ0) is 29.0. The third kappa shape index (κ3) is 27.7. The molecule has 0 saturated heterocycles. The summed E-state index contributed by atoms with van der Waals surface area (Å²) in [7, 11) is 3.91. The molecule has 0 radical (unpaired) electrons. The van der Waals surface area contributed by atoms with E-state index in [1.807, 2.05) is 25.1 Å². The van der Waals surface area contributed by atoms with Crippen LogP contribution < -0.4 is 5.32 Å². The number of rotatable bonds is 27. The molecule has 2 N–H and O–H groups in total. The Kier molecular flexibility index (Phi) is 26.7. The zero-order valence-corrected chi connectivity index (χ0v) is 26.2. The smallest absolute Gasteiger partial charge is 0.306 e. The predicted molar refractivity (Wildman–Crippen MR) is 167 cm³/mol. The second kappa shape index (κ2) is 27.9. The van der Waals surface area contributed by atoms with Gasteiger partial charge in [0.1, 0.15) is 6.61 Å². The van der Waals surface area contributed by atoms with Crippen LogP contribution in [-0.4, -0.2) is 78.8 Å². The number of esters is 1. The average Bonchev–Trinajstić information content (AvgIpc) is 2.90. The highest BCUT2D eigenvalue weighted by molar-refractivity contribution is 7.80. The molecule has 0 heterocycles. The number of carbonyl (C=O) groups is 2. The molecular weight excluding hydrogens is 510 g/mol. The maximum Gasteiger partial charge on any atom is 0.306 e. The highest BCUT2D eigenvalue weighted by Crippen LogP contribution is 2.10. The van der Waals surface area contributed by atoms with Gasteiger partial charge in [-0.05, 0) is 76.8 Å². The van der Waals surface area contributed by atoms with Crippen molar-refractivity contribution in [2.75, 3.05) is 46.9 Å². The molecule has 0 fully saturated rings. The minimum atomic E-state index is -0.695. The van der Waals surface area contributed by atoms with Crippen LogP contribution in [0, 0.1) is 0 Å². The summed E-state index contributed by atoms with van der Waals surface area (Å²) in [5.41, 5.74) is 0. The van der Waals surface area contributed by atoms with Gasteiger partial charge in [0, 0.05) is 33.5 Å². The van der Waals surface area contributed by atoms with Gasteiger partial charge < -0.3 is 25.0 Å². The van der Waals surface area contributed by atoms with Gasteiger partial charge in [0.25, 0.3) is 0 Å². The van der Waals surface area contributed by atoms with Crippen LogP contribution in [0.2, 0.25) is 0 Å². The van der Waals surface area contributed by atoms with E-state index < -0.39 is 5.97 Å². The van der Waals surface area contributed by atoms with Crippen molar-refractivity contribution in [3.63, 3.8) is 0 Å². The summed E-state index contributed by atoms with van der Waals surface area (Å²) in [5.74, 6) is -0.776. The first kappa shape index (κ1) is 37.3. The maximum absolute atomic E-state index is 11.9. The lowest BCUT2D eigenvalue weighted by molar-refractivity contribution is -0.142. The monoisotopic (exact) mass is 569 g/mol. The fourth-order valence-corrected chi connectivity index (χ4v) is 4.46. The number of thiocarbonyl (C=S) groups is 1. The first-order valence-corrected chi connectivity index (χ1v) is 16.0. The van der Waals surface area contributed by atoms with Gasteiger partial charge >= 0.3 is 11.9 Å². The lowest BCUT2D eigenvalue weighted by atomic mass is 10.1. The van der Waals surface area contributed by atoms with E-state index in [4.69, 9.17) is 22.1 Å². The van der Waals surface area contributed by atoms with E-state index in [1.165, 1.54) is 38.5 Å². The van der Waals surface area contributed by atoms with E-state index >= 15 is 0 Å². The van der Waals surface area contributed by atoms with Gasteiger partial charge in [-0.15, -0.1) is 0 Å². The molecule has 0 aliphatic heterocycles. The quantitative estimate of drug-likeness (QED) is 0.0476. The van der Waals surface area contributed by atoms with Crippen molar-refractivity contribution < 1.29 is 19.4 Å². The Bertz CT molecular complexity index is 643. The molecule has 0 aromatic rings. The number of allylic oxidation sites excluding steroid dienone is 1. The summed E-state index contributed by atoms with van der Waals surface area (Å²) in [4.78, 5) is 27.0. The Morgan fingerprint density at radius 3 is 1.95 bits per heavy atom. The van der Waals surface area contributed by atoms with E-state index in [1.54, 1.807) is 0 Å². The van der Waals surface area contributed by atoms with Crippen LogP contribution >= 0.6 is 12.2 Å². The summed E-state index contributed by atoms with van der Waals surface area (Å²) >= 11 is 5.31. The highest BCUT2D eigenvalue weighted by Gasteiger charge is 2.07. The van der Waals surface area contributed by atoms with Crippen LogP contribution in [0.3, 0.4) is 0 Å². The van der Waals surface area contributed by atoms with Crippen LogP contribution in [0.4, 0.5) is 0 Å². The summed E-state index contributed by atoms with van der Waals surface area (Å²) in [6.45, 7) is 6.76. The Hall–Kier alpha value is -1.67. The largest absolute Gasteiger partial charge is 0.481 e. The summed E-state index contributed by atoms with van der Waals surface area (Å²) in [6, 6.07) is 0. The van der Waals surface area contributed by atoms with Crippen molar-refractivity contribution in [3.05, 3.63) is 12.2 Å². The van der Waals surface area contributed by atoms with Crippen LogP contribution in [0.1, 0.15) is 122 Å². The lowest BCUT2D eigenvalue weighted by Crippen LogP contribution is -2.36. The molecule has 0 aliphatic rings. The molecule has 0 bridgehead atoms. The first-order valence-electron chi connectivity index (χ1n) is 15.6. The molecule has 0 unspecified atom stereocenters. The Labute approximate surface area is 245 Å². The molecule has 39 heavy (non-hydrogen) atoms. The highest BCUT2D eigenvalue weighted by atomic mass is 32.1. The Balaban J connectivity index is 3.98. The van der Waals surface area contributed by atoms with Crippen molar-refractivity contribution in [1.82, 2.24) is 15.1 Å². The molecule has 0 atom stereocenters. The van der Waals surface area contributed by atoms with Crippen molar-refractivity contribution in [1.29, 1.82) is 0 Å². The fourth-order valence-electron chi connectivity index (χ4n) is 4.36. The number of ether oxygens (including phenoxy) is 1. The minimum absolute atomic E-state index is 0.0814. The summed E-state index contributed by atoms with van der Waals surface area (Å²) < 4.78 is 5.31. The van der Waals surface area contributed by atoms with Gasteiger partial charge in [-0.2, -0.15) is 0 Å². The number of hydrogen-bond donors (Lipinski definition) is 2. The molecule has 0 saturated carbocycles. The molecule has 0 spiro atoms. The van der Waals surface area contributed by atoms with Crippen molar-refractivity contribution in [2.45, 2.75) is 122 Å². The average molecular weight is 570 g/mol. The van der Waals surface area contributed by atoms with Crippen LogP contribution in [0.25, 0.3) is 0 Å². The van der Waals surface area contributed by atoms with Gasteiger partial charge in [0.05, 0.1) is 0 Å².